The summed E-state index contributed by atoms with van der Waals surface area (Å²) in [6.45, 7) is 1.79. The van der Waals surface area contributed by atoms with Crippen LogP contribution in [0.4, 0.5) is 0 Å². The van der Waals surface area contributed by atoms with E-state index >= 15 is 0 Å². The molecule has 0 aliphatic heterocycles. The lowest BCUT2D eigenvalue weighted by Gasteiger charge is -2.11. The van der Waals surface area contributed by atoms with Crippen molar-refractivity contribution in [1.82, 2.24) is 0 Å². The highest BCUT2D eigenvalue weighted by molar-refractivity contribution is 5.93. The lowest BCUT2D eigenvalue weighted by Crippen LogP contribution is -2.11. The fourth-order valence-corrected chi connectivity index (χ4v) is 3.46. The number of hydrogen-bond acceptors (Lipinski definition) is 5. The number of hydrogen-bond donors (Lipinski definition) is 0. The Morgan fingerprint density at radius 1 is 1.04 bits per heavy atom. The molecule has 1 aliphatic rings. The van der Waals surface area contributed by atoms with Gasteiger partial charge in [-0.05, 0) is 68.1 Å². The van der Waals surface area contributed by atoms with E-state index in [0.29, 0.717) is 28.2 Å². The van der Waals surface area contributed by atoms with E-state index in [-0.39, 0.29) is 5.63 Å². The zero-order valence-corrected chi connectivity index (χ0v) is 14.6. The molecule has 0 fully saturated rings. The molecule has 0 N–H and O–H groups in total. The summed E-state index contributed by atoms with van der Waals surface area (Å²) in [5, 5.41) is 0.929. The first-order valence-corrected chi connectivity index (χ1v) is 8.53. The largest absolute Gasteiger partial charge is 0.497 e. The van der Waals surface area contributed by atoms with Crippen LogP contribution in [0.1, 0.15) is 33.5 Å². The Labute approximate surface area is 150 Å². The van der Waals surface area contributed by atoms with Crippen LogP contribution in [0, 0.1) is 6.92 Å². The Bertz CT molecular complexity index is 1060. The Hall–Kier alpha value is -3.08. The second kappa shape index (κ2) is 6.33. The summed E-state index contributed by atoms with van der Waals surface area (Å²) in [5.41, 5.74) is 3.12. The number of ether oxygens (including phenoxy) is 2. The average Bonchev–Trinajstić information content (AvgIpc) is 3.15. The van der Waals surface area contributed by atoms with Gasteiger partial charge in [0.15, 0.2) is 0 Å². The number of methoxy groups -OCH3 is 1. The van der Waals surface area contributed by atoms with Gasteiger partial charge in [-0.25, -0.2) is 9.59 Å². The number of carbonyl (C=O) groups is 1. The molecular weight excluding hydrogens is 332 g/mol. The highest BCUT2D eigenvalue weighted by atomic mass is 16.5. The van der Waals surface area contributed by atoms with Gasteiger partial charge in [-0.2, -0.15) is 0 Å². The second-order valence-corrected chi connectivity index (χ2v) is 6.38. The minimum atomic E-state index is -0.474. The standard InChI is InChI=1S/C21H18O5/c1-12-18(25-20(22)13-6-8-14(24-2)9-7-13)11-10-16-15-4-3-5-17(15)21(23)26-19(12)16/h6-11H,3-5H2,1-2H3. The maximum Gasteiger partial charge on any atom is 0.343 e. The molecule has 26 heavy (non-hydrogen) atoms. The van der Waals surface area contributed by atoms with Crippen molar-refractivity contribution in [2.45, 2.75) is 26.2 Å². The molecule has 0 saturated carbocycles. The highest BCUT2D eigenvalue weighted by Gasteiger charge is 2.22. The maximum atomic E-state index is 12.4. The van der Waals surface area contributed by atoms with E-state index in [1.54, 1.807) is 44.4 Å². The smallest absolute Gasteiger partial charge is 0.343 e. The Morgan fingerprint density at radius 2 is 1.77 bits per heavy atom. The third kappa shape index (κ3) is 2.65. The summed E-state index contributed by atoms with van der Waals surface area (Å²) in [7, 11) is 1.57. The van der Waals surface area contributed by atoms with E-state index in [0.717, 1.165) is 35.8 Å². The molecule has 2 aromatic carbocycles. The summed E-state index contributed by atoms with van der Waals surface area (Å²) >= 11 is 0. The number of rotatable bonds is 3. The van der Waals surface area contributed by atoms with Gasteiger partial charge in [0.05, 0.1) is 12.7 Å². The van der Waals surface area contributed by atoms with E-state index in [4.69, 9.17) is 13.9 Å². The highest BCUT2D eigenvalue weighted by Crippen LogP contribution is 2.33. The molecule has 0 amide bonds. The predicted octanol–water partition coefficient (Wildman–Crippen LogP) is 3.82. The second-order valence-electron chi connectivity index (χ2n) is 6.38. The van der Waals surface area contributed by atoms with Crippen LogP contribution in [0.2, 0.25) is 0 Å². The third-order valence-corrected chi connectivity index (χ3v) is 4.87. The molecule has 0 unspecified atom stereocenters. The lowest BCUT2D eigenvalue weighted by molar-refractivity contribution is 0.0733. The van der Waals surface area contributed by atoms with Gasteiger partial charge in [-0.3, -0.25) is 0 Å². The van der Waals surface area contributed by atoms with Crippen molar-refractivity contribution in [3.8, 4) is 11.5 Å². The first kappa shape index (κ1) is 16.4. The van der Waals surface area contributed by atoms with E-state index in [2.05, 4.69) is 0 Å². The van der Waals surface area contributed by atoms with Crippen molar-refractivity contribution in [2.24, 2.45) is 0 Å². The van der Waals surface area contributed by atoms with E-state index in [1.807, 2.05) is 6.07 Å². The van der Waals surface area contributed by atoms with E-state index < -0.39 is 5.97 Å². The molecule has 4 rings (SSSR count). The minimum Gasteiger partial charge on any atom is -0.497 e. The van der Waals surface area contributed by atoms with Gasteiger partial charge in [-0.1, -0.05) is 0 Å². The van der Waals surface area contributed by atoms with Crippen molar-refractivity contribution < 1.29 is 18.7 Å². The fourth-order valence-electron chi connectivity index (χ4n) is 3.46. The number of fused-ring (bicyclic) bond motifs is 3. The molecular formula is C21H18O5. The first-order valence-electron chi connectivity index (χ1n) is 8.53. The van der Waals surface area contributed by atoms with Crippen LogP contribution in [-0.2, 0) is 12.8 Å². The molecule has 1 heterocycles. The molecule has 5 nitrogen and oxygen atoms in total. The number of esters is 1. The molecule has 0 radical (unpaired) electrons. The molecule has 0 bridgehead atoms. The summed E-state index contributed by atoms with van der Waals surface area (Å²) in [5.74, 6) is 0.581. The number of carbonyl (C=O) groups excluding carboxylic acids is 1. The van der Waals surface area contributed by atoms with Gasteiger partial charge < -0.3 is 13.9 Å². The van der Waals surface area contributed by atoms with Crippen molar-refractivity contribution >= 4 is 16.9 Å². The Morgan fingerprint density at radius 3 is 2.50 bits per heavy atom. The summed E-state index contributed by atoms with van der Waals surface area (Å²) in [4.78, 5) is 24.6. The van der Waals surface area contributed by atoms with Crippen LogP contribution in [0.25, 0.3) is 11.0 Å². The first-order chi connectivity index (χ1) is 12.6. The van der Waals surface area contributed by atoms with Crippen LogP contribution in [0.5, 0.6) is 11.5 Å². The van der Waals surface area contributed by atoms with Crippen LogP contribution in [-0.4, -0.2) is 13.1 Å². The Balaban J connectivity index is 1.71. The van der Waals surface area contributed by atoms with E-state index in [1.165, 1.54) is 0 Å². The van der Waals surface area contributed by atoms with Crippen molar-refractivity contribution in [3.63, 3.8) is 0 Å². The van der Waals surface area contributed by atoms with Gasteiger partial charge in [0, 0.05) is 16.5 Å². The molecule has 1 aliphatic carbocycles. The van der Waals surface area contributed by atoms with Gasteiger partial charge in [0.2, 0.25) is 0 Å². The van der Waals surface area contributed by atoms with Crippen LogP contribution in [0.15, 0.2) is 45.6 Å². The topological polar surface area (TPSA) is 65.7 Å². The summed E-state index contributed by atoms with van der Waals surface area (Å²) in [6.07, 6.45) is 2.61. The van der Waals surface area contributed by atoms with Crippen molar-refractivity contribution in [3.05, 3.63) is 69.1 Å². The lowest BCUT2D eigenvalue weighted by atomic mass is 10.0. The van der Waals surface area contributed by atoms with Crippen LogP contribution < -0.4 is 15.1 Å². The molecule has 132 valence electrons. The third-order valence-electron chi connectivity index (χ3n) is 4.87. The predicted molar refractivity (Wildman–Crippen MR) is 97.2 cm³/mol. The van der Waals surface area contributed by atoms with Gasteiger partial charge in [-0.15, -0.1) is 0 Å². The zero-order valence-electron chi connectivity index (χ0n) is 14.6. The van der Waals surface area contributed by atoms with Crippen molar-refractivity contribution in [2.75, 3.05) is 7.11 Å². The molecule has 1 aromatic heterocycles. The molecule has 5 heteroatoms. The van der Waals surface area contributed by atoms with Crippen LogP contribution >= 0.6 is 0 Å². The SMILES string of the molecule is COc1ccc(C(=O)Oc2ccc3c4c(c(=O)oc3c2C)CCC4)cc1. The number of benzene rings is 2. The van der Waals surface area contributed by atoms with Gasteiger partial charge >= 0.3 is 11.6 Å². The molecule has 3 aromatic rings. The summed E-state index contributed by atoms with van der Waals surface area (Å²) < 4.78 is 16.1. The quantitative estimate of drug-likeness (QED) is 0.408. The molecule has 0 saturated heterocycles. The number of aryl methyl sites for hydroxylation is 2. The minimum absolute atomic E-state index is 0.285. The normalized spacial score (nSPS) is 12.8. The monoisotopic (exact) mass is 350 g/mol. The molecule has 0 spiro atoms. The maximum absolute atomic E-state index is 12.4. The van der Waals surface area contributed by atoms with Gasteiger partial charge in [0.1, 0.15) is 17.1 Å². The van der Waals surface area contributed by atoms with Crippen LogP contribution in [0.3, 0.4) is 0 Å². The summed E-state index contributed by atoms with van der Waals surface area (Å²) in [6, 6.07) is 10.3. The fraction of sp³-hybridized carbons (Fsp3) is 0.238. The zero-order chi connectivity index (χ0) is 18.3. The molecule has 0 atom stereocenters. The average molecular weight is 350 g/mol. The van der Waals surface area contributed by atoms with Crippen molar-refractivity contribution in [1.29, 1.82) is 0 Å². The van der Waals surface area contributed by atoms with Gasteiger partial charge in [0.25, 0.3) is 0 Å². The Kier molecular flexibility index (Phi) is 3.99. The van der Waals surface area contributed by atoms with E-state index in [9.17, 15) is 9.59 Å².